The molecular formula is C22H27N5O3S. The Balaban J connectivity index is 1.62. The fraction of sp³-hybridized carbons (Fsp3) is 0.409. The quantitative estimate of drug-likeness (QED) is 0.462. The third kappa shape index (κ3) is 3.94. The monoisotopic (exact) mass is 441 g/mol. The van der Waals surface area contributed by atoms with E-state index in [1.54, 1.807) is 13.8 Å². The van der Waals surface area contributed by atoms with E-state index in [0.29, 0.717) is 5.56 Å². The number of hydrogen-bond acceptors (Lipinski definition) is 5. The largest absolute Gasteiger partial charge is 0.386 e. The number of urea groups is 1. The number of aliphatic hydroxyl groups is 1. The number of fused-ring (bicyclic) bond motifs is 2. The summed E-state index contributed by atoms with van der Waals surface area (Å²) in [6, 6.07) is 3.20. The van der Waals surface area contributed by atoms with Crippen molar-refractivity contribution in [3.8, 4) is 6.07 Å². The van der Waals surface area contributed by atoms with E-state index in [2.05, 4.69) is 21.1 Å². The average Bonchev–Trinajstić information content (AvgIpc) is 3.37. The number of nitrogens with one attached hydrogen (secondary N) is 2. The maximum absolute atomic E-state index is 13.1. The van der Waals surface area contributed by atoms with E-state index in [1.807, 2.05) is 0 Å². The number of carbonyl (C=O) groups is 1. The van der Waals surface area contributed by atoms with Gasteiger partial charge in [0, 0.05) is 33.9 Å². The van der Waals surface area contributed by atoms with E-state index < -0.39 is 21.9 Å². The second-order valence-corrected chi connectivity index (χ2v) is 10.8. The van der Waals surface area contributed by atoms with Crippen molar-refractivity contribution in [3.05, 3.63) is 51.8 Å². The van der Waals surface area contributed by atoms with Crippen LogP contribution in [0.5, 0.6) is 0 Å². The van der Waals surface area contributed by atoms with Crippen molar-refractivity contribution in [1.29, 1.82) is 5.26 Å². The Bertz CT molecular complexity index is 1130. The van der Waals surface area contributed by atoms with Crippen LogP contribution in [0.15, 0.2) is 23.4 Å². The highest BCUT2D eigenvalue weighted by Crippen LogP contribution is 2.41. The highest BCUT2D eigenvalue weighted by atomic mass is 32.3. The van der Waals surface area contributed by atoms with Crippen LogP contribution in [0.25, 0.3) is 0 Å². The number of amides is 2. The van der Waals surface area contributed by atoms with Gasteiger partial charge < -0.3 is 10.4 Å². The zero-order valence-electron chi connectivity index (χ0n) is 17.7. The van der Waals surface area contributed by atoms with Gasteiger partial charge in [0.1, 0.15) is 0 Å². The molecule has 0 aliphatic heterocycles. The molecule has 0 atom stereocenters. The first-order valence-electron chi connectivity index (χ1n) is 10.4. The van der Waals surface area contributed by atoms with Crippen LogP contribution in [0.1, 0.15) is 60.1 Å². The van der Waals surface area contributed by atoms with Gasteiger partial charge in [-0.3, -0.25) is 14.8 Å². The van der Waals surface area contributed by atoms with Gasteiger partial charge in [0.15, 0.2) is 0 Å². The minimum absolute atomic E-state index is 0.151. The summed E-state index contributed by atoms with van der Waals surface area (Å²) in [7, 11) is -3.78. The summed E-state index contributed by atoms with van der Waals surface area (Å²) in [5, 5.41) is 28.7. The van der Waals surface area contributed by atoms with E-state index in [0.717, 1.165) is 72.0 Å². The number of carbonyl (C=O) groups excluding carboxylic acids is 1. The molecule has 0 saturated carbocycles. The lowest BCUT2D eigenvalue weighted by Gasteiger charge is -2.24. The lowest BCUT2D eigenvalue weighted by atomic mass is 9.93. The fourth-order valence-electron chi connectivity index (χ4n) is 4.54. The Labute approximate surface area is 182 Å². The van der Waals surface area contributed by atoms with Gasteiger partial charge in [-0.05, 0) is 80.7 Å². The second-order valence-electron chi connectivity index (χ2n) is 8.70. The Morgan fingerprint density at radius 2 is 1.74 bits per heavy atom. The van der Waals surface area contributed by atoms with Crippen molar-refractivity contribution in [2.75, 3.05) is 5.32 Å². The van der Waals surface area contributed by atoms with Crippen molar-refractivity contribution in [3.63, 3.8) is 0 Å². The van der Waals surface area contributed by atoms with Crippen molar-refractivity contribution in [2.24, 2.45) is 5.14 Å². The van der Waals surface area contributed by atoms with Gasteiger partial charge in [0.25, 0.3) is 0 Å². The molecule has 0 bridgehead atoms. The summed E-state index contributed by atoms with van der Waals surface area (Å²) in [6.07, 6.45) is 7.91. The number of nitrogens with zero attached hydrogens (tertiary/aromatic N) is 2. The Morgan fingerprint density at radius 1 is 1.16 bits per heavy atom. The van der Waals surface area contributed by atoms with Crippen molar-refractivity contribution < 1.29 is 14.1 Å². The average molecular weight is 442 g/mol. The van der Waals surface area contributed by atoms with Crippen LogP contribution in [-0.4, -0.2) is 20.3 Å². The van der Waals surface area contributed by atoms with Crippen molar-refractivity contribution in [2.45, 2.75) is 62.9 Å². The summed E-state index contributed by atoms with van der Waals surface area (Å²) < 4.78 is 15.5. The third-order valence-corrected chi connectivity index (χ3v) is 7.62. The zero-order chi connectivity index (χ0) is 22.4. The summed E-state index contributed by atoms with van der Waals surface area (Å²) in [6.45, 7) is 3.17. The number of aromatic nitrogens is 1. The van der Waals surface area contributed by atoms with Gasteiger partial charge in [0.2, 0.25) is 0 Å². The van der Waals surface area contributed by atoms with Gasteiger partial charge in [-0.2, -0.15) is 5.26 Å². The predicted octanol–water partition coefficient (Wildman–Crippen LogP) is 2.14. The lowest BCUT2D eigenvalue weighted by Crippen LogP contribution is -2.45. The minimum atomic E-state index is -3.78. The number of pyridine rings is 1. The van der Waals surface area contributed by atoms with Gasteiger partial charge in [0.05, 0.1) is 22.1 Å². The molecule has 0 unspecified atom stereocenters. The number of nitriles is 1. The summed E-state index contributed by atoms with van der Waals surface area (Å²) in [5.74, 6) is 0. The van der Waals surface area contributed by atoms with Crippen LogP contribution in [0.3, 0.4) is 0 Å². The molecule has 8 nitrogen and oxygen atoms in total. The molecule has 2 aliphatic rings. The van der Waals surface area contributed by atoms with Gasteiger partial charge in [-0.25, -0.2) is 9.00 Å². The molecule has 0 radical (unpaired) electrons. The van der Waals surface area contributed by atoms with E-state index in [4.69, 9.17) is 5.14 Å². The number of benzene rings is 1. The molecule has 0 spiro atoms. The fourth-order valence-corrected chi connectivity index (χ4v) is 5.60. The molecule has 31 heavy (non-hydrogen) atoms. The zero-order valence-corrected chi connectivity index (χ0v) is 18.6. The van der Waals surface area contributed by atoms with Crippen molar-refractivity contribution in [1.82, 2.24) is 9.71 Å². The number of nitrogens with two attached hydrogens (primary N) is 1. The summed E-state index contributed by atoms with van der Waals surface area (Å²) in [5.41, 5.74) is 4.82. The minimum Gasteiger partial charge on any atom is -0.386 e. The molecule has 2 aromatic rings. The van der Waals surface area contributed by atoms with Gasteiger partial charge in [-0.15, -0.1) is 0 Å². The van der Waals surface area contributed by atoms with Gasteiger partial charge in [-0.1, -0.05) is 0 Å². The van der Waals surface area contributed by atoms with E-state index in [1.165, 1.54) is 18.5 Å². The smallest absolute Gasteiger partial charge is 0.330 e. The van der Waals surface area contributed by atoms with Crippen LogP contribution in [0.2, 0.25) is 0 Å². The standard InChI is InChI=1S/C22H27N5O3S/c1-22(2,29)13-9-14(12-25-11-13)31(24,30)27-21(28)26-20-17-7-3-5-15(17)19(10-23)16-6-4-8-18(16)20/h9,11-12,29,31H,3-8H2,1-2H3,(H4,24,26,27,28,30). The molecule has 9 heteroatoms. The molecule has 1 aromatic heterocycles. The topological polar surface area (TPSA) is 141 Å². The molecule has 5 N–H and O–H groups in total. The molecule has 2 aliphatic carbocycles. The highest BCUT2D eigenvalue weighted by molar-refractivity contribution is 7.99. The first-order valence-corrected chi connectivity index (χ1v) is 12.2. The molecule has 0 fully saturated rings. The van der Waals surface area contributed by atoms with Crippen LogP contribution < -0.4 is 15.2 Å². The van der Waals surface area contributed by atoms with Crippen LogP contribution in [0.4, 0.5) is 10.5 Å². The highest BCUT2D eigenvalue weighted by Gasteiger charge is 2.30. The molecule has 1 heterocycles. The van der Waals surface area contributed by atoms with Crippen LogP contribution in [-0.2, 0) is 41.6 Å². The molecular weight excluding hydrogens is 414 g/mol. The maximum Gasteiger partial charge on any atom is 0.330 e. The van der Waals surface area contributed by atoms with E-state index >= 15 is 0 Å². The number of hydrogen-bond donors (Lipinski definition) is 5. The first kappa shape index (κ1) is 21.4. The van der Waals surface area contributed by atoms with Crippen LogP contribution in [0, 0.1) is 11.3 Å². The SMILES string of the molecule is CC(C)(O)c1cncc([SH](N)(=O)NC(=O)Nc2c3c(c(C#N)c4c2CCC4)CCC3)c1. The van der Waals surface area contributed by atoms with E-state index in [-0.39, 0.29) is 4.90 Å². The Morgan fingerprint density at radius 3 is 2.29 bits per heavy atom. The van der Waals surface area contributed by atoms with Crippen LogP contribution >= 0.6 is 0 Å². The molecule has 164 valence electrons. The molecule has 2 amide bonds. The lowest BCUT2D eigenvalue weighted by molar-refractivity contribution is 0.0779. The Kier molecular flexibility index (Phi) is 5.33. The molecule has 0 saturated heterocycles. The first-order chi connectivity index (χ1) is 14.6. The normalized spacial score (nSPS) is 15.7. The second kappa shape index (κ2) is 7.71. The van der Waals surface area contributed by atoms with Crippen molar-refractivity contribution >= 4 is 22.0 Å². The maximum atomic E-state index is 13.1. The molecule has 4 rings (SSSR count). The summed E-state index contributed by atoms with van der Waals surface area (Å²) >= 11 is 0. The Hall–Kier alpha value is -2.80. The van der Waals surface area contributed by atoms with Gasteiger partial charge >= 0.3 is 6.03 Å². The summed E-state index contributed by atoms with van der Waals surface area (Å²) in [4.78, 5) is 17.0. The number of rotatable bonds is 4. The molecule has 1 aromatic carbocycles. The van der Waals surface area contributed by atoms with E-state index in [9.17, 15) is 19.4 Å². The predicted molar refractivity (Wildman–Crippen MR) is 119 cm³/mol. The third-order valence-electron chi connectivity index (χ3n) is 6.07. The number of anilines is 1. The number of thiol groups is 1.